The van der Waals surface area contributed by atoms with Crippen molar-refractivity contribution in [1.29, 1.82) is 0 Å². The molecule has 3 aromatic rings. The molecular weight excluding hydrogens is 378 g/mol. The first-order valence-corrected chi connectivity index (χ1v) is 11.0. The minimum absolute atomic E-state index is 0.0301. The van der Waals surface area contributed by atoms with Crippen molar-refractivity contribution >= 4 is 21.3 Å². The molecule has 0 N–H and O–H groups in total. The van der Waals surface area contributed by atoms with Crippen LogP contribution in [0, 0.1) is 0 Å². The maximum Gasteiger partial charge on any atom is 0.359 e. The molecule has 0 saturated carbocycles. The fourth-order valence-corrected chi connectivity index (χ4v) is 4.28. The molecular formula is C20H21N3O4S. The van der Waals surface area contributed by atoms with E-state index in [1.807, 2.05) is 18.2 Å². The average molecular weight is 399 g/mol. The van der Waals surface area contributed by atoms with Crippen LogP contribution in [0.1, 0.15) is 22.5 Å². The SMILES string of the molecule is CS(=O)(=O)c1nc(C(=O)O[C@@H]2CCN(Cc3ccccc3)C2)c2ccccn12. The van der Waals surface area contributed by atoms with Crippen molar-refractivity contribution in [3.8, 4) is 0 Å². The van der Waals surface area contributed by atoms with Gasteiger partial charge in [-0.2, -0.15) is 0 Å². The van der Waals surface area contributed by atoms with Crippen LogP contribution in [0.2, 0.25) is 0 Å². The normalized spacial score (nSPS) is 17.8. The Morgan fingerprint density at radius 3 is 2.68 bits per heavy atom. The highest BCUT2D eigenvalue weighted by molar-refractivity contribution is 7.90. The second kappa shape index (κ2) is 7.37. The van der Waals surface area contributed by atoms with Crippen LogP contribution in [-0.4, -0.2) is 54.1 Å². The van der Waals surface area contributed by atoms with Crippen LogP contribution in [0.4, 0.5) is 0 Å². The molecule has 0 radical (unpaired) electrons. The maximum absolute atomic E-state index is 12.7. The van der Waals surface area contributed by atoms with Crippen LogP contribution in [0.3, 0.4) is 0 Å². The zero-order valence-electron chi connectivity index (χ0n) is 15.5. The first-order chi connectivity index (χ1) is 13.4. The fraction of sp³-hybridized carbons (Fsp3) is 0.300. The van der Waals surface area contributed by atoms with Gasteiger partial charge in [0.15, 0.2) is 5.69 Å². The molecule has 4 rings (SSSR count). The van der Waals surface area contributed by atoms with Crippen molar-refractivity contribution in [2.75, 3.05) is 19.3 Å². The number of likely N-dealkylation sites (tertiary alicyclic amines) is 1. The molecule has 1 fully saturated rings. The summed E-state index contributed by atoms with van der Waals surface area (Å²) in [7, 11) is -3.58. The lowest BCUT2D eigenvalue weighted by atomic mass is 10.2. The summed E-state index contributed by atoms with van der Waals surface area (Å²) in [5, 5.41) is -0.160. The summed E-state index contributed by atoms with van der Waals surface area (Å²) >= 11 is 0. The fourth-order valence-electron chi connectivity index (χ4n) is 3.51. The van der Waals surface area contributed by atoms with Crippen molar-refractivity contribution < 1.29 is 17.9 Å². The molecule has 0 aliphatic carbocycles. The standard InChI is InChI=1S/C20H21N3O4S/c1-28(25,26)20-21-18(17-9-5-6-11-23(17)20)19(24)27-16-10-12-22(14-16)13-15-7-3-2-4-8-15/h2-9,11,16H,10,12-14H2,1H3/t16-/m1/s1. The molecule has 1 atom stereocenters. The second-order valence-corrected chi connectivity index (χ2v) is 8.92. The van der Waals surface area contributed by atoms with Crippen molar-refractivity contribution in [1.82, 2.24) is 14.3 Å². The molecule has 28 heavy (non-hydrogen) atoms. The monoisotopic (exact) mass is 399 g/mol. The highest BCUT2D eigenvalue weighted by Gasteiger charge is 2.29. The van der Waals surface area contributed by atoms with E-state index >= 15 is 0 Å². The predicted octanol–water partition coefficient (Wildman–Crippen LogP) is 2.17. The lowest BCUT2D eigenvalue weighted by Crippen LogP contribution is -2.25. The van der Waals surface area contributed by atoms with Gasteiger partial charge in [0.1, 0.15) is 6.10 Å². The Hall–Kier alpha value is -2.71. The molecule has 0 unspecified atom stereocenters. The van der Waals surface area contributed by atoms with E-state index in [4.69, 9.17) is 4.74 Å². The van der Waals surface area contributed by atoms with Crippen LogP contribution in [0.5, 0.6) is 0 Å². The van der Waals surface area contributed by atoms with E-state index in [1.165, 1.54) is 9.96 Å². The summed E-state index contributed by atoms with van der Waals surface area (Å²) in [5.74, 6) is -0.592. The number of hydrogen-bond acceptors (Lipinski definition) is 6. The number of fused-ring (bicyclic) bond motifs is 1. The predicted molar refractivity (Wildman–Crippen MR) is 104 cm³/mol. The molecule has 0 amide bonds. The molecule has 146 valence electrons. The molecule has 1 aromatic carbocycles. The molecule has 7 nitrogen and oxygen atoms in total. The van der Waals surface area contributed by atoms with Crippen LogP contribution in [-0.2, 0) is 21.1 Å². The van der Waals surface area contributed by atoms with Gasteiger partial charge in [-0.3, -0.25) is 9.30 Å². The highest BCUT2D eigenvalue weighted by Crippen LogP contribution is 2.21. The number of carbonyl (C=O) groups excluding carboxylic acids is 1. The van der Waals surface area contributed by atoms with E-state index < -0.39 is 15.8 Å². The van der Waals surface area contributed by atoms with E-state index in [0.717, 1.165) is 25.8 Å². The third-order valence-electron chi connectivity index (χ3n) is 4.79. The Balaban J connectivity index is 1.49. The summed E-state index contributed by atoms with van der Waals surface area (Å²) in [6.07, 6.45) is 3.15. The molecule has 1 aliphatic rings. The third kappa shape index (κ3) is 3.79. The number of sulfone groups is 1. The van der Waals surface area contributed by atoms with Crippen molar-refractivity contribution in [3.63, 3.8) is 0 Å². The number of nitrogens with zero attached hydrogens (tertiary/aromatic N) is 3. The van der Waals surface area contributed by atoms with E-state index in [0.29, 0.717) is 12.1 Å². The number of pyridine rings is 1. The van der Waals surface area contributed by atoms with Crippen molar-refractivity contribution in [3.05, 3.63) is 66.0 Å². The minimum Gasteiger partial charge on any atom is -0.456 e. The number of rotatable bonds is 5. The first kappa shape index (κ1) is 18.6. The van der Waals surface area contributed by atoms with Gasteiger partial charge in [0.05, 0.1) is 5.52 Å². The summed E-state index contributed by atoms with van der Waals surface area (Å²) in [6, 6.07) is 15.2. The third-order valence-corrected chi connectivity index (χ3v) is 5.74. The number of aromatic nitrogens is 2. The number of hydrogen-bond donors (Lipinski definition) is 0. The van der Waals surface area contributed by atoms with Crippen molar-refractivity contribution in [2.45, 2.75) is 24.2 Å². The van der Waals surface area contributed by atoms with E-state index in [1.54, 1.807) is 24.4 Å². The van der Waals surface area contributed by atoms with Crippen LogP contribution >= 0.6 is 0 Å². The van der Waals surface area contributed by atoms with E-state index in [2.05, 4.69) is 22.0 Å². The van der Waals surface area contributed by atoms with Gasteiger partial charge in [-0.1, -0.05) is 36.4 Å². The quantitative estimate of drug-likeness (QED) is 0.612. The lowest BCUT2D eigenvalue weighted by molar-refractivity contribution is 0.0316. The topological polar surface area (TPSA) is 81.0 Å². The van der Waals surface area contributed by atoms with Gasteiger partial charge in [0.2, 0.25) is 15.0 Å². The molecule has 0 spiro atoms. The maximum atomic E-state index is 12.7. The highest BCUT2D eigenvalue weighted by atomic mass is 32.2. The average Bonchev–Trinajstić information content (AvgIpc) is 3.26. The number of esters is 1. The summed E-state index contributed by atoms with van der Waals surface area (Å²) in [4.78, 5) is 19.0. The first-order valence-electron chi connectivity index (χ1n) is 9.06. The molecule has 1 aliphatic heterocycles. The second-order valence-electron chi connectivity index (χ2n) is 7.01. The van der Waals surface area contributed by atoms with Gasteiger partial charge < -0.3 is 4.74 Å². The summed E-state index contributed by atoms with van der Waals surface area (Å²) < 4.78 is 31.1. The van der Waals surface area contributed by atoms with Crippen LogP contribution < -0.4 is 0 Å². The Morgan fingerprint density at radius 2 is 1.93 bits per heavy atom. The Labute approximate surface area is 163 Å². The smallest absolute Gasteiger partial charge is 0.359 e. The molecule has 3 heterocycles. The zero-order chi connectivity index (χ0) is 19.7. The zero-order valence-corrected chi connectivity index (χ0v) is 16.3. The van der Waals surface area contributed by atoms with Gasteiger partial charge in [0, 0.05) is 32.1 Å². The van der Waals surface area contributed by atoms with Crippen LogP contribution in [0.25, 0.3) is 5.52 Å². The molecule has 1 saturated heterocycles. The van der Waals surface area contributed by atoms with Gasteiger partial charge in [-0.25, -0.2) is 18.2 Å². The van der Waals surface area contributed by atoms with E-state index in [9.17, 15) is 13.2 Å². The van der Waals surface area contributed by atoms with Gasteiger partial charge in [0.25, 0.3) is 0 Å². The summed E-state index contributed by atoms with van der Waals surface area (Å²) in [6.45, 7) is 2.29. The number of imidazole rings is 1. The lowest BCUT2D eigenvalue weighted by Gasteiger charge is -2.16. The van der Waals surface area contributed by atoms with Gasteiger partial charge in [-0.15, -0.1) is 0 Å². The Morgan fingerprint density at radius 1 is 1.18 bits per heavy atom. The molecule has 2 aromatic heterocycles. The van der Waals surface area contributed by atoms with Crippen LogP contribution in [0.15, 0.2) is 59.9 Å². The van der Waals surface area contributed by atoms with Gasteiger partial charge >= 0.3 is 5.97 Å². The van der Waals surface area contributed by atoms with Crippen molar-refractivity contribution in [2.24, 2.45) is 0 Å². The number of carbonyl (C=O) groups is 1. The Kier molecular flexibility index (Phi) is 4.91. The largest absolute Gasteiger partial charge is 0.456 e. The summed E-state index contributed by atoms with van der Waals surface area (Å²) in [5.41, 5.74) is 1.67. The molecule has 0 bridgehead atoms. The molecule has 8 heteroatoms. The Bertz CT molecular complexity index is 1110. The number of ether oxygens (including phenoxy) is 1. The number of benzene rings is 1. The van der Waals surface area contributed by atoms with Gasteiger partial charge in [-0.05, 0) is 24.1 Å². The van der Waals surface area contributed by atoms with E-state index in [-0.39, 0.29) is 17.0 Å². The minimum atomic E-state index is -3.58.